The molecule has 1 fully saturated rings. The Kier molecular flexibility index (Phi) is 4.93. The van der Waals surface area contributed by atoms with Gasteiger partial charge >= 0.3 is 5.97 Å². The number of hydrogen-bond acceptors (Lipinski definition) is 5. The van der Waals surface area contributed by atoms with Crippen molar-refractivity contribution in [1.29, 1.82) is 0 Å². The SMILES string of the molecule is O=C(O)c1ccccc1CN1CCC(Cc2cnc(-c3ncc[nH]3)cn2)C1. The summed E-state index contributed by atoms with van der Waals surface area (Å²) in [4.78, 5) is 29.9. The number of imidazole rings is 1. The second kappa shape index (κ2) is 7.67. The molecular weight excluding hydrogens is 342 g/mol. The number of likely N-dealkylation sites (tertiary alicyclic amines) is 1. The molecule has 0 aliphatic carbocycles. The number of H-pyrrole nitrogens is 1. The van der Waals surface area contributed by atoms with Crippen molar-refractivity contribution in [2.75, 3.05) is 13.1 Å². The van der Waals surface area contributed by atoms with Crippen LogP contribution in [-0.4, -0.2) is 49.0 Å². The van der Waals surface area contributed by atoms with E-state index in [1.54, 1.807) is 30.7 Å². The van der Waals surface area contributed by atoms with Crippen molar-refractivity contribution in [1.82, 2.24) is 24.8 Å². The van der Waals surface area contributed by atoms with Crippen LogP contribution in [0, 0.1) is 5.92 Å². The zero-order valence-electron chi connectivity index (χ0n) is 14.9. The summed E-state index contributed by atoms with van der Waals surface area (Å²) >= 11 is 0. The number of carboxylic acids is 1. The molecule has 3 aromatic rings. The van der Waals surface area contributed by atoms with Crippen molar-refractivity contribution >= 4 is 5.97 Å². The van der Waals surface area contributed by atoms with Crippen LogP contribution in [0.4, 0.5) is 0 Å². The minimum atomic E-state index is -0.867. The number of carbonyl (C=O) groups is 1. The molecule has 1 atom stereocenters. The van der Waals surface area contributed by atoms with Crippen LogP contribution in [0.25, 0.3) is 11.5 Å². The number of rotatable bonds is 6. The Morgan fingerprint density at radius 2 is 2.11 bits per heavy atom. The molecule has 4 rings (SSSR count). The quantitative estimate of drug-likeness (QED) is 0.699. The molecular formula is C20H21N5O2. The summed E-state index contributed by atoms with van der Waals surface area (Å²) in [6.07, 6.45) is 8.99. The third-order valence-electron chi connectivity index (χ3n) is 4.96. The molecule has 1 aromatic carbocycles. The number of hydrogen-bond donors (Lipinski definition) is 2. The third-order valence-corrected chi connectivity index (χ3v) is 4.96. The highest BCUT2D eigenvalue weighted by atomic mass is 16.4. The largest absolute Gasteiger partial charge is 0.478 e. The maximum atomic E-state index is 11.4. The van der Waals surface area contributed by atoms with Crippen LogP contribution in [0.2, 0.25) is 0 Å². The number of nitrogens with one attached hydrogen (secondary N) is 1. The van der Waals surface area contributed by atoms with Crippen LogP contribution >= 0.6 is 0 Å². The van der Waals surface area contributed by atoms with Crippen molar-refractivity contribution in [2.45, 2.75) is 19.4 Å². The topological polar surface area (TPSA) is 95.0 Å². The number of aromatic amines is 1. The van der Waals surface area contributed by atoms with E-state index in [4.69, 9.17) is 0 Å². The Morgan fingerprint density at radius 3 is 2.85 bits per heavy atom. The van der Waals surface area contributed by atoms with Gasteiger partial charge in [-0.05, 0) is 36.9 Å². The first-order valence-corrected chi connectivity index (χ1v) is 9.03. The van der Waals surface area contributed by atoms with Gasteiger partial charge < -0.3 is 10.1 Å². The van der Waals surface area contributed by atoms with Gasteiger partial charge in [-0.15, -0.1) is 0 Å². The van der Waals surface area contributed by atoms with E-state index in [2.05, 4.69) is 24.8 Å². The number of benzene rings is 1. The fourth-order valence-electron chi connectivity index (χ4n) is 3.61. The molecule has 0 bridgehead atoms. The fourth-order valence-corrected chi connectivity index (χ4v) is 3.61. The van der Waals surface area contributed by atoms with Crippen LogP contribution in [0.1, 0.15) is 28.0 Å². The average molecular weight is 363 g/mol. The molecule has 1 aliphatic rings. The molecule has 0 radical (unpaired) electrons. The van der Waals surface area contributed by atoms with Gasteiger partial charge in [0, 0.05) is 31.7 Å². The van der Waals surface area contributed by atoms with E-state index >= 15 is 0 Å². The van der Waals surface area contributed by atoms with Crippen LogP contribution in [-0.2, 0) is 13.0 Å². The maximum Gasteiger partial charge on any atom is 0.336 e. The normalized spacial score (nSPS) is 17.3. The molecule has 2 aromatic heterocycles. The highest BCUT2D eigenvalue weighted by molar-refractivity contribution is 5.89. The van der Waals surface area contributed by atoms with Crippen molar-refractivity contribution < 1.29 is 9.90 Å². The zero-order chi connectivity index (χ0) is 18.6. The highest BCUT2D eigenvalue weighted by Gasteiger charge is 2.24. The van der Waals surface area contributed by atoms with E-state index in [0.29, 0.717) is 18.0 Å². The van der Waals surface area contributed by atoms with E-state index in [0.717, 1.165) is 48.7 Å². The van der Waals surface area contributed by atoms with Gasteiger partial charge in [0.05, 0.1) is 17.5 Å². The van der Waals surface area contributed by atoms with Crippen LogP contribution in [0.5, 0.6) is 0 Å². The lowest BCUT2D eigenvalue weighted by molar-refractivity contribution is 0.0694. The summed E-state index contributed by atoms with van der Waals surface area (Å²) < 4.78 is 0. The Balaban J connectivity index is 1.35. The summed E-state index contributed by atoms with van der Waals surface area (Å²) in [5, 5.41) is 9.34. The average Bonchev–Trinajstić information content (AvgIpc) is 3.35. The van der Waals surface area contributed by atoms with Gasteiger partial charge in [0.25, 0.3) is 0 Å². The lowest BCUT2D eigenvalue weighted by atomic mass is 10.0. The molecule has 138 valence electrons. The van der Waals surface area contributed by atoms with Crippen molar-refractivity contribution in [2.24, 2.45) is 5.92 Å². The Hall–Kier alpha value is -3.06. The predicted octanol–water partition coefficient (Wildman–Crippen LogP) is 2.63. The first-order valence-electron chi connectivity index (χ1n) is 9.03. The Labute approximate surface area is 157 Å². The van der Waals surface area contributed by atoms with E-state index < -0.39 is 5.97 Å². The van der Waals surface area contributed by atoms with Gasteiger partial charge in [-0.2, -0.15) is 0 Å². The molecule has 7 nitrogen and oxygen atoms in total. The van der Waals surface area contributed by atoms with Crippen molar-refractivity contribution in [3.63, 3.8) is 0 Å². The van der Waals surface area contributed by atoms with E-state index in [9.17, 15) is 9.90 Å². The Morgan fingerprint density at radius 1 is 1.22 bits per heavy atom. The molecule has 1 saturated heterocycles. The molecule has 3 heterocycles. The van der Waals surface area contributed by atoms with Crippen LogP contribution in [0.3, 0.4) is 0 Å². The van der Waals surface area contributed by atoms with E-state index in [1.165, 1.54) is 0 Å². The fraction of sp³-hybridized carbons (Fsp3) is 0.300. The summed E-state index contributed by atoms with van der Waals surface area (Å²) in [6.45, 7) is 2.58. The number of aromatic carboxylic acids is 1. The molecule has 1 aliphatic heterocycles. The van der Waals surface area contributed by atoms with Gasteiger partial charge in [-0.3, -0.25) is 9.88 Å². The summed E-state index contributed by atoms with van der Waals surface area (Å²) in [6, 6.07) is 7.23. The lowest BCUT2D eigenvalue weighted by Crippen LogP contribution is -2.22. The van der Waals surface area contributed by atoms with Gasteiger partial charge in [0.2, 0.25) is 0 Å². The first-order chi connectivity index (χ1) is 13.2. The summed E-state index contributed by atoms with van der Waals surface area (Å²) in [5.41, 5.74) is 2.97. The third kappa shape index (κ3) is 4.03. The number of nitrogens with zero attached hydrogens (tertiary/aromatic N) is 4. The monoisotopic (exact) mass is 363 g/mol. The Bertz CT molecular complexity index is 908. The highest BCUT2D eigenvalue weighted by Crippen LogP contribution is 2.23. The van der Waals surface area contributed by atoms with Gasteiger partial charge in [0.1, 0.15) is 5.69 Å². The molecule has 0 spiro atoms. The second-order valence-electron chi connectivity index (χ2n) is 6.89. The van der Waals surface area contributed by atoms with Crippen LogP contribution in [0.15, 0.2) is 49.1 Å². The van der Waals surface area contributed by atoms with Gasteiger partial charge in [-0.25, -0.2) is 14.8 Å². The number of aromatic nitrogens is 4. The van der Waals surface area contributed by atoms with Crippen molar-refractivity contribution in [3.05, 3.63) is 65.9 Å². The predicted molar refractivity (Wildman–Crippen MR) is 100 cm³/mol. The molecule has 2 N–H and O–H groups in total. The summed E-state index contributed by atoms with van der Waals surface area (Å²) in [5.74, 6) is 0.359. The van der Waals surface area contributed by atoms with Gasteiger partial charge in [0.15, 0.2) is 5.82 Å². The maximum absolute atomic E-state index is 11.4. The standard InChI is InChI=1S/C20H21N5O2/c26-20(27)17-4-2-1-3-15(17)13-25-8-5-14(12-25)9-16-10-24-18(11-23-16)19-21-6-7-22-19/h1-4,6-7,10-11,14H,5,8-9,12-13H2,(H,21,22)(H,26,27). The zero-order valence-corrected chi connectivity index (χ0v) is 14.9. The van der Waals surface area contributed by atoms with Crippen molar-refractivity contribution in [3.8, 4) is 11.5 Å². The molecule has 1 unspecified atom stereocenters. The molecule has 27 heavy (non-hydrogen) atoms. The van der Waals surface area contributed by atoms with E-state index in [1.807, 2.05) is 18.3 Å². The second-order valence-corrected chi connectivity index (χ2v) is 6.89. The van der Waals surface area contributed by atoms with Gasteiger partial charge in [-0.1, -0.05) is 18.2 Å². The smallest absolute Gasteiger partial charge is 0.336 e. The lowest BCUT2D eigenvalue weighted by Gasteiger charge is -2.17. The first kappa shape index (κ1) is 17.4. The molecule has 0 saturated carbocycles. The molecule has 7 heteroatoms. The minimum Gasteiger partial charge on any atom is -0.478 e. The van der Waals surface area contributed by atoms with E-state index in [-0.39, 0.29) is 0 Å². The number of carboxylic acid groups (broad SMARTS) is 1. The summed E-state index contributed by atoms with van der Waals surface area (Å²) in [7, 11) is 0. The van der Waals surface area contributed by atoms with Crippen LogP contribution < -0.4 is 0 Å². The minimum absolute atomic E-state index is 0.389. The molecule has 0 amide bonds.